The van der Waals surface area contributed by atoms with Gasteiger partial charge < -0.3 is 14.3 Å². The molecule has 4 aromatic rings. The second-order valence-corrected chi connectivity index (χ2v) is 5.66. The highest BCUT2D eigenvalue weighted by Crippen LogP contribution is 2.27. The van der Waals surface area contributed by atoms with Gasteiger partial charge in [0.2, 0.25) is 0 Å². The first kappa shape index (κ1) is 16.5. The number of benzene rings is 1. The van der Waals surface area contributed by atoms with E-state index in [-0.39, 0.29) is 22.1 Å². The molecule has 0 aliphatic heterocycles. The number of hydrogen-bond donors (Lipinski definition) is 1. The molecule has 1 aromatic carbocycles. The third kappa shape index (κ3) is 3.25. The van der Waals surface area contributed by atoms with Gasteiger partial charge in [-0.15, -0.1) is 0 Å². The minimum Gasteiger partial charge on any atom is -0.505 e. The van der Waals surface area contributed by atoms with Crippen LogP contribution in [0.15, 0.2) is 76.5 Å². The number of aromatic nitrogens is 2. The van der Waals surface area contributed by atoms with E-state index in [0.717, 1.165) is 0 Å². The molecular weight excluding hydrogens is 348 g/mol. The van der Waals surface area contributed by atoms with E-state index in [4.69, 9.17) is 9.15 Å². The summed E-state index contributed by atoms with van der Waals surface area (Å²) in [5.74, 6) is -0.0971. The highest BCUT2D eigenvalue weighted by Gasteiger charge is 2.12. The lowest BCUT2D eigenvalue weighted by Crippen LogP contribution is -2.08. The SMILES string of the molecule is O=C(Oc1ccc(-c2cc(=O)c3c(O)cncc3o2)cc1)c1cccnc1. The third-order valence-corrected chi connectivity index (χ3v) is 3.87. The summed E-state index contributed by atoms with van der Waals surface area (Å²) in [6.07, 6.45) is 5.54. The van der Waals surface area contributed by atoms with Crippen molar-refractivity contribution in [2.45, 2.75) is 0 Å². The monoisotopic (exact) mass is 360 g/mol. The predicted molar refractivity (Wildman–Crippen MR) is 96.6 cm³/mol. The molecule has 0 fully saturated rings. The Balaban J connectivity index is 1.62. The van der Waals surface area contributed by atoms with Crippen LogP contribution in [0.4, 0.5) is 0 Å². The number of carbonyl (C=O) groups is 1. The molecule has 7 heteroatoms. The highest BCUT2D eigenvalue weighted by molar-refractivity contribution is 5.90. The Labute approximate surface area is 152 Å². The van der Waals surface area contributed by atoms with Gasteiger partial charge in [0.1, 0.15) is 22.6 Å². The summed E-state index contributed by atoms with van der Waals surface area (Å²) in [5.41, 5.74) is 0.760. The van der Waals surface area contributed by atoms with Gasteiger partial charge in [-0.3, -0.25) is 14.8 Å². The fourth-order valence-corrected chi connectivity index (χ4v) is 2.57. The number of aromatic hydroxyl groups is 1. The van der Waals surface area contributed by atoms with Crippen LogP contribution < -0.4 is 10.2 Å². The maximum atomic E-state index is 12.2. The zero-order valence-electron chi connectivity index (χ0n) is 13.8. The van der Waals surface area contributed by atoms with Gasteiger partial charge in [-0.1, -0.05) is 0 Å². The van der Waals surface area contributed by atoms with E-state index in [1.54, 1.807) is 42.6 Å². The summed E-state index contributed by atoms with van der Waals surface area (Å²) < 4.78 is 10.9. The van der Waals surface area contributed by atoms with E-state index in [1.165, 1.54) is 24.7 Å². The number of fused-ring (bicyclic) bond motifs is 1. The maximum Gasteiger partial charge on any atom is 0.345 e. The standard InChI is InChI=1S/C20H12N2O5/c23-15-8-17(27-18-11-22-10-16(24)19(15)18)12-3-5-14(6-4-12)26-20(25)13-2-1-7-21-9-13/h1-11,24H. The lowest BCUT2D eigenvalue weighted by atomic mass is 10.1. The quantitative estimate of drug-likeness (QED) is 0.442. The molecule has 3 heterocycles. The van der Waals surface area contributed by atoms with Crippen molar-refractivity contribution in [3.63, 3.8) is 0 Å². The molecule has 4 rings (SSSR count). The van der Waals surface area contributed by atoms with Gasteiger partial charge in [-0.25, -0.2) is 4.79 Å². The van der Waals surface area contributed by atoms with Gasteiger partial charge in [-0.05, 0) is 36.4 Å². The summed E-state index contributed by atoms with van der Waals surface area (Å²) in [4.78, 5) is 32.0. The molecule has 7 nitrogen and oxygen atoms in total. The average Bonchev–Trinajstić information content (AvgIpc) is 2.69. The fraction of sp³-hybridized carbons (Fsp3) is 0. The van der Waals surface area contributed by atoms with E-state index in [9.17, 15) is 14.7 Å². The molecule has 0 unspecified atom stereocenters. The number of nitrogens with zero attached hydrogens (tertiary/aromatic N) is 2. The van der Waals surface area contributed by atoms with Crippen LogP contribution in [-0.2, 0) is 0 Å². The van der Waals surface area contributed by atoms with Crippen molar-refractivity contribution in [3.8, 4) is 22.8 Å². The minimum absolute atomic E-state index is 0.0794. The van der Waals surface area contributed by atoms with Crippen molar-refractivity contribution in [1.82, 2.24) is 9.97 Å². The first-order chi connectivity index (χ1) is 13.1. The van der Waals surface area contributed by atoms with Crippen LogP contribution in [0.1, 0.15) is 10.4 Å². The Morgan fingerprint density at radius 2 is 1.85 bits per heavy atom. The Hall–Kier alpha value is -4.00. The highest BCUT2D eigenvalue weighted by atomic mass is 16.5. The van der Waals surface area contributed by atoms with Crippen LogP contribution in [0.3, 0.4) is 0 Å². The second kappa shape index (κ2) is 6.72. The average molecular weight is 360 g/mol. The van der Waals surface area contributed by atoms with E-state index in [2.05, 4.69) is 9.97 Å². The smallest absolute Gasteiger partial charge is 0.345 e. The lowest BCUT2D eigenvalue weighted by molar-refractivity contribution is 0.0734. The normalized spacial score (nSPS) is 10.7. The minimum atomic E-state index is -0.519. The van der Waals surface area contributed by atoms with Crippen molar-refractivity contribution >= 4 is 16.9 Å². The Kier molecular flexibility index (Phi) is 4.10. The first-order valence-corrected chi connectivity index (χ1v) is 7.95. The number of carbonyl (C=O) groups excluding carboxylic acids is 1. The third-order valence-electron chi connectivity index (χ3n) is 3.87. The zero-order valence-corrected chi connectivity index (χ0v) is 13.8. The van der Waals surface area contributed by atoms with Crippen LogP contribution in [0.25, 0.3) is 22.3 Å². The van der Waals surface area contributed by atoms with Crippen LogP contribution in [-0.4, -0.2) is 21.0 Å². The van der Waals surface area contributed by atoms with E-state index in [0.29, 0.717) is 22.6 Å². The largest absolute Gasteiger partial charge is 0.505 e. The number of esters is 1. The molecule has 0 amide bonds. The summed E-state index contributed by atoms with van der Waals surface area (Å²) in [5, 5.41) is 9.83. The van der Waals surface area contributed by atoms with E-state index in [1.807, 2.05) is 0 Å². The molecule has 0 spiro atoms. The maximum absolute atomic E-state index is 12.2. The number of rotatable bonds is 3. The van der Waals surface area contributed by atoms with E-state index < -0.39 is 5.97 Å². The molecule has 0 saturated heterocycles. The number of pyridine rings is 2. The second-order valence-electron chi connectivity index (χ2n) is 5.66. The van der Waals surface area contributed by atoms with Gasteiger partial charge in [0.15, 0.2) is 11.0 Å². The first-order valence-electron chi connectivity index (χ1n) is 7.95. The number of ether oxygens (including phenoxy) is 1. The zero-order chi connectivity index (χ0) is 18.8. The summed E-state index contributed by atoms with van der Waals surface area (Å²) in [6.45, 7) is 0. The molecule has 0 aliphatic rings. The number of hydrogen-bond acceptors (Lipinski definition) is 7. The molecule has 27 heavy (non-hydrogen) atoms. The molecule has 0 saturated carbocycles. The van der Waals surface area contributed by atoms with E-state index >= 15 is 0 Å². The Bertz CT molecular complexity index is 1180. The van der Waals surface area contributed by atoms with Gasteiger partial charge in [-0.2, -0.15) is 0 Å². The van der Waals surface area contributed by atoms with Crippen LogP contribution in [0, 0.1) is 0 Å². The molecule has 132 valence electrons. The van der Waals surface area contributed by atoms with Crippen molar-refractivity contribution in [2.75, 3.05) is 0 Å². The summed E-state index contributed by atoms with van der Waals surface area (Å²) in [6, 6.07) is 11.0. The van der Waals surface area contributed by atoms with Gasteiger partial charge >= 0.3 is 5.97 Å². The van der Waals surface area contributed by atoms with Crippen LogP contribution in [0.2, 0.25) is 0 Å². The van der Waals surface area contributed by atoms with Crippen molar-refractivity contribution < 1.29 is 19.1 Å². The predicted octanol–water partition coefficient (Wildman–Crippen LogP) is 3.17. The van der Waals surface area contributed by atoms with Crippen molar-refractivity contribution in [1.29, 1.82) is 0 Å². The van der Waals surface area contributed by atoms with Gasteiger partial charge in [0.05, 0.1) is 18.0 Å². The van der Waals surface area contributed by atoms with Gasteiger partial charge in [0, 0.05) is 24.0 Å². The van der Waals surface area contributed by atoms with Crippen LogP contribution >= 0.6 is 0 Å². The van der Waals surface area contributed by atoms with Crippen LogP contribution in [0.5, 0.6) is 11.5 Å². The van der Waals surface area contributed by atoms with Crippen molar-refractivity contribution in [2.24, 2.45) is 0 Å². The fourth-order valence-electron chi connectivity index (χ4n) is 2.57. The molecule has 0 radical (unpaired) electrons. The summed E-state index contributed by atoms with van der Waals surface area (Å²) in [7, 11) is 0. The summed E-state index contributed by atoms with van der Waals surface area (Å²) >= 11 is 0. The molecule has 0 aliphatic carbocycles. The molecule has 0 atom stereocenters. The lowest BCUT2D eigenvalue weighted by Gasteiger charge is -2.06. The Morgan fingerprint density at radius 1 is 1.04 bits per heavy atom. The topological polar surface area (TPSA) is 103 Å². The van der Waals surface area contributed by atoms with Gasteiger partial charge in [0.25, 0.3) is 0 Å². The van der Waals surface area contributed by atoms with Crippen molar-refractivity contribution in [3.05, 3.63) is 83.0 Å². The molecule has 1 N–H and O–H groups in total. The Morgan fingerprint density at radius 3 is 2.59 bits per heavy atom. The molecule has 3 aromatic heterocycles. The molecular formula is C20H12N2O5. The molecule has 0 bridgehead atoms.